The molecule has 0 bridgehead atoms. The van der Waals surface area contributed by atoms with E-state index in [-0.39, 0.29) is 12.3 Å². The van der Waals surface area contributed by atoms with Gasteiger partial charge in [0.05, 0.1) is 5.75 Å². The minimum absolute atomic E-state index is 0.0481. The van der Waals surface area contributed by atoms with Gasteiger partial charge < -0.3 is 4.42 Å². The summed E-state index contributed by atoms with van der Waals surface area (Å²) in [5.74, 6) is 0.807. The quantitative estimate of drug-likeness (QED) is 0.744. The van der Waals surface area contributed by atoms with E-state index in [0.29, 0.717) is 12.2 Å². The van der Waals surface area contributed by atoms with Crippen molar-refractivity contribution in [2.45, 2.75) is 13.3 Å². The molecule has 0 spiro atoms. The summed E-state index contributed by atoms with van der Waals surface area (Å²) in [5.41, 5.74) is 0. The molecule has 5 nitrogen and oxygen atoms in total. The molecule has 0 N–H and O–H groups in total. The van der Waals surface area contributed by atoms with Crippen LogP contribution in [0.5, 0.6) is 0 Å². The van der Waals surface area contributed by atoms with Gasteiger partial charge >= 0.3 is 0 Å². The lowest BCUT2D eigenvalue weighted by Crippen LogP contribution is -2.30. The molecule has 1 aliphatic heterocycles. The summed E-state index contributed by atoms with van der Waals surface area (Å²) < 4.78 is 29.1. The van der Waals surface area contributed by atoms with Crippen LogP contribution in [0.15, 0.2) is 22.6 Å². The topological polar surface area (TPSA) is 67.6 Å². The highest BCUT2D eigenvalue weighted by Crippen LogP contribution is 2.15. The van der Waals surface area contributed by atoms with Crippen LogP contribution in [0.1, 0.15) is 17.9 Å². The second-order valence-electron chi connectivity index (χ2n) is 3.86. The number of amides is 1. The lowest BCUT2D eigenvalue weighted by molar-refractivity contribution is -0.121. The van der Waals surface area contributed by atoms with E-state index >= 15 is 0 Å². The van der Waals surface area contributed by atoms with Crippen molar-refractivity contribution in [1.82, 2.24) is 4.31 Å². The number of carbonyl (C=O) groups is 1. The first kappa shape index (κ1) is 11.9. The van der Waals surface area contributed by atoms with Gasteiger partial charge in [-0.1, -0.05) is 0 Å². The standard InChI is InChI=1S/C11H13NO4S/c1-9-3-4-10(16-9)5-6-11(13)12-7-2-8-17(12,14)15/h3-6H,2,7-8H2,1H3. The molecule has 2 rings (SSSR count). The van der Waals surface area contributed by atoms with E-state index in [1.54, 1.807) is 19.1 Å². The maximum Gasteiger partial charge on any atom is 0.260 e. The first-order valence-electron chi connectivity index (χ1n) is 5.28. The number of aryl methyl sites for hydroxylation is 1. The van der Waals surface area contributed by atoms with Gasteiger partial charge in [0.25, 0.3) is 5.91 Å². The molecule has 0 unspecified atom stereocenters. The average molecular weight is 255 g/mol. The fourth-order valence-corrected chi connectivity index (χ4v) is 3.12. The van der Waals surface area contributed by atoms with Crippen molar-refractivity contribution in [2.24, 2.45) is 0 Å². The molecule has 92 valence electrons. The molecule has 17 heavy (non-hydrogen) atoms. The van der Waals surface area contributed by atoms with Gasteiger partial charge in [-0.3, -0.25) is 4.79 Å². The van der Waals surface area contributed by atoms with E-state index in [1.165, 1.54) is 12.2 Å². The monoisotopic (exact) mass is 255 g/mol. The Morgan fingerprint density at radius 1 is 1.47 bits per heavy atom. The Morgan fingerprint density at radius 2 is 2.24 bits per heavy atom. The molecular weight excluding hydrogens is 242 g/mol. The van der Waals surface area contributed by atoms with Crippen LogP contribution in [0, 0.1) is 6.92 Å². The Balaban J connectivity index is 2.10. The van der Waals surface area contributed by atoms with Crippen LogP contribution in [0.4, 0.5) is 0 Å². The van der Waals surface area contributed by atoms with E-state index in [9.17, 15) is 13.2 Å². The van der Waals surface area contributed by atoms with Crippen LogP contribution < -0.4 is 0 Å². The Labute approximate surface area is 99.8 Å². The molecule has 1 aliphatic rings. The largest absolute Gasteiger partial charge is 0.462 e. The van der Waals surface area contributed by atoms with Gasteiger partial charge in [-0.25, -0.2) is 12.7 Å². The Morgan fingerprint density at radius 3 is 2.76 bits per heavy atom. The van der Waals surface area contributed by atoms with Crippen LogP contribution in [0.2, 0.25) is 0 Å². The molecule has 6 heteroatoms. The van der Waals surface area contributed by atoms with E-state index < -0.39 is 15.9 Å². The summed E-state index contributed by atoms with van der Waals surface area (Å²) in [5, 5.41) is 0. The molecular formula is C11H13NO4S. The molecule has 0 radical (unpaired) electrons. The maximum absolute atomic E-state index is 11.7. The van der Waals surface area contributed by atoms with Crippen molar-refractivity contribution in [1.29, 1.82) is 0 Å². The van der Waals surface area contributed by atoms with Gasteiger partial charge in [-0.05, 0) is 31.6 Å². The SMILES string of the molecule is Cc1ccc(C=CC(=O)N2CCCS2(=O)=O)o1. The van der Waals surface area contributed by atoms with Crippen molar-refractivity contribution >= 4 is 22.0 Å². The molecule has 1 saturated heterocycles. The second kappa shape index (κ2) is 4.37. The molecule has 1 amide bonds. The Kier molecular flexibility index (Phi) is 3.06. The minimum atomic E-state index is -3.38. The zero-order chi connectivity index (χ0) is 12.5. The lowest BCUT2D eigenvalue weighted by atomic mass is 10.3. The van der Waals surface area contributed by atoms with Crippen LogP contribution >= 0.6 is 0 Å². The molecule has 1 fully saturated rings. The highest BCUT2D eigenvalue weighted by Gasteiger charge is 2.31. The molecule has 2 heterocycles. The van der Waals surface area contributed by atoms with Gasteiger partial charge in [0.2, 0.25) is 10.0 Å². The fourth-order valence-electron chi connectivity index (χ4n) is 1.67. The maximum atomic E-state index is 11.7. The summed E-state index contributed by atoms with van der Waals surface area (Å²) in [4.78, 5) is 11.7. The van der Waals surface area contributed by atoms with Crippen LogP contribution in [0.25, 0.3) is 6.08 Å². The smallest absolute Gasteiger partial charge is 0.260 e. The summed E-state index contributed by atoms with van der Waals surface area (Å²) in [7, 11) is -3.38. The van der Waals surface area contributed by atoms with Gasteiger partial charge in [-0.2, -0.15) is 0 Å². The van der Waals surface area contributed by atoms with E-state index in [1.807, 2.05) is 0 Å². The number of nitrogens with zero attached hydrogens (tertiary/aromatic N) is 1. The normalized spacial score (nSPS) is 19.0. The lowest BCUT2D eigenvalue weighted by Gasteiger charge is -2.11. The van der Waals surface area contributed by atoms with Crippen molar-refractivity contribution in [3.8, 4) is 0 Å². The highest BCUT2D eigenvalue weighted by molar-refractivity contribution is 7.89. The molecule has 1 aromatic rings. The summed E-state index contributed by atoms with van der Waals surface area (Å²) in [6, 6.07) is 3.49. The second-order valence-corrected chi connectivity index (χ2v) is 5.87. The number of hydrogen-bond donors (Lipinski definition) is 0. The van der Waals surface area contributed by atoms with E-state index in [2.05, 4.69) is 0 Å². The third-order valence-corrected chi connectivity index (χ3v) is 4.34. The molecule has 1 aromatic heterocycles. The summed E-state index contributed by atoms with van der Waals surface area (Å²) >= 11 is 0. The van der Waals surface area contributed by atoms with E-state index in [0.717, 1.165) is 10.1 Å². The third kappa shape index (κ3) is 2.58. The van der Waals surface area contributed by atoms with Crippen molar-refractivity contribution in [2.75, 3.05) is 12.3 Å². The first-order valence-corrected chi connectivity index (χ1v) is 6.89. The van der Waals surface area contributed by atoms with Crippen LogP contribution in [-0.2, 0) is 14.8 Å². The fraction of sp³-hybridized carbons (Fsp3) is 0.364. The van der Waals surface area contributed by atoms with Crippen molar-refractivity contribution in [3.05, 3.63) is 29.7 Å². The number of hydrogen-bond acceptors (Lipinski definition) is 4. The highest BCUT2D eigenvalue weighted by atomic mass is 32.2. The Bertz CT molecular complexity index is 556. The zero-order valence-electron chi connectivity index (χ0n) is 9.42. The Hall–Kier alpha value is -1.56. The molecule has 0 saturated carbocycles. The van der Waals surface area contributed by atoms with E-state index in [4.69, 9.17) is 4.42 Å². The predicted octanol–water partition coefficient (Wildman–Crippen LogP) is 1.16. The van der Waals surface area contributed by atoms with Crippen molar-refractivity contribution < 1.29 is 17.6 Å². The van der Waals surface area contributed by atoms with Gasteiger partial charge in [-0.15, -0.1) is 0 Å². The number of sulfonamides is 1. The first-order chi connectivity index (χ1) is 7.99. The van der Waals surface area contributed by atoms with Gasteiger partial charge in [0, 0.05) is 12.6 Å². The van der Waals surface area contributed by atoms with Gasteiger partial charge in [0.15, 0.2) is 0 Å². The van der Waals surface area contributed by atoms with Crippen molar-refractivity contribution in [3.63, 3.8) is 0 Å². The third-order valence-electron chi connectivity index (χ3n) is 2.50. The minimum Gasteiger partial charge on any atom is -0.462 e. The summed E-state index contributed by atoms with van der Waals surface area (Å²) in [6.07, 6.45) is 3.20. The zero-order valence-corrected chi connectivity index (χ0v) is 10.2. The summed E-state index contributed by atoms with van der Waals surface area (Å²) in [6.45, 7) is 2.06. The van der Waals surface area contributed by atoms with Crippen LogP contribution in [-0.4, -0.2) is 30.9 Å². The average Bonchev–Trinajstić information content (AvgIpc) is 2.81. The number of rotatable bonds is 2. The molecule has 0 aliphatic carbocycles. The predicted molar refractivity (Wildman–Crippen MR) is 62.6 cm³/mol. The molecule has 0 atom stereocenters. The number of furan rings is 1. The number of carbonyl (C=O) groups excluding carboxylic acids is 1. The van der Waals surface area contributed by atoms with Gasteiger partial charge in [0.1, 0.15) is 11.5 Å². The van der Waals surface area contributed by atoms with Crippen LogP contribution in [0.3, 0.4) is 0 Å². The molecule has 0 aromatic carbocycles.